The van der Waals surface area contributed by atoms with E-state index < -0.39 is 0 Å². The van der Waals surface area contributed by atoms with Crippen LogP contribution in [0.5, 0.6) is 0 Å². The van der Waals surface area contributed by atoms with E-state index >= 15 is 0 Å². The summed E-state index contributed by atoms with van der Waals surface area (Å²) in [7, 11) is 0. The van der Waals surface area contributed by atoms with Crippen LogP contribution in [0.4, 0.5) is 0 Å². The van der Waals surface area contributed by atoms with Crippen molar-refractivity contribution in [1.29, 1.82) is 0 Å². The van der Waals surface area contributed by atoms with Crippen molar-refractivity contribution in [1.82, 2.24) is 0 Å². The second-order valence-electron chi connectivity index (χ2n) is 3.42. The van der Waals surface area contributed by atoms with Gasteiger partial charge in [-0.2, -0.15) is 0 Å². The Hall–Kier alpha value is 0.479. The van der Waals surface area contributed by atoms with Crippen LogP contribution in [0.25, 0.3) is 0 Å². The van der Waals surface area contributed by atoms with E-state index in [9.17, 15) is 0 Å². The van der Waals surface area contributed by atoms with Crippen LogP contribution in [0.2, 0.25) is 4.82 Å². The van der Waals surface area contributed by atoms with Gasteiger partial charge in [-0.15, -0.1) is 0 Å². The summed E-state index contributed by atoms with van der Waals surface area (Å²) in [5.74, 6) is 0.918. The minimum atomic E-state index is 0.518. The van der Waals surface area contributed by atoms with Gasteiger partial charge in [-0.1, -0.05) is 0 Å². The van der Waals surface area contributed by atoms with E-state index in [1.165, 1.54) is 12.8 Å². The fourth-order valence-electron chi connectivity index (χ4n) is 1.37. The zero-order valence-electron chi connectivity index (χ0n) is 7.67. The molecule has 1 saturated heterocycles. The fourth-order valence-corrected chi connectivity index (χ4v) is 4.33. The molecule has 0 saturated carbocycles. The van der Waals surface area contributed by atoms with Crippen molar-refractivity contribution in [3.8, 4) is 0 Å². The van der Waals surface area contributed by atoms with E-state index in [0.29, 0.717) is 6.10 Å². The Morgan fingerprint density at radius 2 is 2.36 bits per heavy atom. The van der Waals surface area contributed by atoms with Crippen LogP contribution in [0.15, 0.2) is 0 Å². The van der Waals surface area contributed by atoms with Gasteiger partial charge in [0.05, 0.1) is 0 Å². The van der Waals surface area contributed by atoms with Gasteiger partial charge in [0, 0.05) is 0 Å². The molecule has 0 aromatic heterocycles. The monoisotopic (exact) mass is 222 g/mol. The van der Waals surface area contributed by atoms with E-state index in [2.05, 4.69) is 20.8 Å². The Bertz CT molecular complexity index is 116. The zero-order chi connectivity index (χ0) is 8.27. The Labute approximate surface area is 76.0 Å². The molecule has 2 heteroatoms. The summed E-state index contributed by atoms with van der Waals surface area (Å²) >= 11 is 0.752. The van der Waals surface area contributed by atoms with Crippen molar-refractivity contribution in [2.75, 3.05) is 5.51 Å². The van der Waals surface area contributed by atoms with Crippen LogP contribution < -0.4 is 0 Å². The molecule has 66 valence electrons. The van der Waals surface area contributed by atoms with Gasteiger partial charge in [0.15, 0.2) is 0 Å². The van der Waals surface area contributed by atoms with Gasteiger partial charge in [0.1, 0.15) is 0 Å². The fraction of sp³-hybridized carbons (Fsp3) is 1.00. The average Bonchev–Trinajstić information content (AvgIpc) is 2.03. The van der Waals surface area contributed by atoms with E-state index in [-0.39, 0.29) is 0 Å². The molecule has 0 radical (unpaired) electrons. The Kier molecular flexibility index (Phi) is 3.91. The first-order valence-corrected chi connectivity index (χ1v) is 6.67. The van der Waals surface area contributed by atoms with Gasteiger partial charge in [0.25, 0.3) is 0 Å². The first-order valence-electron chi connectivity index (χ1n) is 4.47. The third kappa shape index (κ3) is 2.77. The second-order valence-corrected chi connectivity index (χ2v) is 5.89. The second kappa shape index (κ2) is 4.49. The number of rotatable bonds is 2. The van der Waals surface area contributed by atoms with Crippen molar-refractivity contribution in [2.24, 2.45) is 5.92 Å². The SMILES string of the molecule is CCC(C)[C@@H]1C[C@H](C)OC[Se]1. The molecule has 0 spiro atoms. The molecule has 1 aliphatic rings. The van der Waals surface area contributed by atoms with Crippen LogP contribution >= 0.6 is 0 Å². The molecule has 0 amide bonds. The molecule has 0 aliphatic carbocycles. The Morgan fingerprint density at radius 3 is 2.91 bits per heavy atom. The number of hydrogen-bond donors (Lipinski definition) is 0. The topological polar surface area (TPSA) is 9.23 Å². The zero-order valence-corrected chi connectivity index (χ0v) is 9.38. The summed E-state index contributed by atoms with van der Waals surface area (Å²) in [6, 6.07) is 0. The van der Waals surface area contributed by atoms with E-state index in [1.807, 2.05) is 0 Å². The molecule has 1 aliphatic heterocycles. The molecule has 3 atom stereocenters. The predicted octanol–water partition coefficient (Wildman–Crippen LogP) is 2.29. The van der Waals surface area contributed by atoms with Crippen LogP contribution in [-0.4, -0.2) is 26.6 Å². The quantitative estimate of drug-likeness (QED) is 0.650. The van der Waals surface area contributed by atoms with Crippen molar-refractivity contribution in [2.45, 2.75) is 44.5 Å². The number of hydrogen-bond acceptors (Lipinski definition) is 1. The van der Waals surface area contributed by atoms with Gasteiger partial charge >= 0.3 is 75.6 Å². The van der Waals surface area contributed by atoms with Crippen LogP contribution in [0.3, 0.4) is 0 Å². The molecule has 0 N–H and O–H groups in total. The van der Waals surface area contributed by atoms with Gasteiger partial charge in [-0.05, 0) is 0 Å². The molecule has 11 heavy (non-hydrogen) atoms. The minimum absolute atomic E-state index is 0.518. The molecule has 0 aromatic carbocycles. The standard InChI is InChI=1S/C9H18OSe/c1-4-7(2)9-5-8(3)10-6-11-9/h7-9H,4-6H2,1-3H3/t7?,8-,9-/m0/s1. The maximum absolute atomic E-state index is 5.53. The average molecular weight is 221 g/mol. The summed E-state index contributed by atoms with van der Waals surface area (Å²) in [4.78, 5) is 0.983. The summed E-state index contributed by atoms with van der Waals surface area (Å²) in [6.45, 7) is 6.87. The van der Waals surface area contributed by atoms with Crippen molar-refractivity contribution >= 4 is 15.0 Å². The molecule has 0 aromatic rings. The molecular formula is C9H18OSe. The molecule has 1 rings (SSSR count). The van der Waals surface area contributed by atoms with Crippen LogP contribution in [0, 0.1) is 5.92 Å². The Morgan fingerprint density at radius 1 is 1.64 bits per heavy atom. The van der Waals surface area contributed by atoms with Gasteiger partial charge < -0.3 is 0 Å². The summed E-state index contributed by atoms with van der Waals surface area (Å²) < 4.78 is 5.53. The first-order chi connectivity index (χ1) is 5.24. The van der Waals surface area contributed by atoms with E-state index in [4.69, 9.17) is 4.74 Å². The third-order valence-electron chi connectivity index (χ3n) is 2.48. The Balaban J connectivity index is 2.33. The maximum atomic E-state index is 5.53. The molecule has 1 fully saturated rings. The molecular weight excluding hydrogens is 203 g/mol. The molecule has 1 unspecified atom stereocenters. The van der Waals surface area contributed by atoms with Gasteiger partial charge in [-0.25, -0.2) is 0 Å². The first kappa shape index (κ1) is 9.57. The molecule has 0 bridgehead atoms. The predicted molar refractivity (Wildman–Crippen MR) is 49.0 cm³/mol. The van der Waals surface area contributed by atoms with Gasteiger partial charge in [0.2, 0.25) is 0 Å². The van der Waals surface area contributed by atoms with E-state index in [1.54, 1.807) is 0 Å². The summed E-state index contributed by atoms with van der Waals surface area (Å²) in [5, 5.41) is 0. The van der Waals surface area contributed by atoms with Crippen molar-refractivity contribution in [3.05, 3.63) is 0 Å². The van der Waals surface area contributed by atoms with Crippen molar-refractivity contribution < 1.29 is 4.74 Å². The van der Waals surface area contributed by atoms with Gasteiger partial charge in [-0.3, -0.25) is 0 Å². The molecule has 1 nitrogen and oxygen atoms in total. The summed E-state index contributed by atoms with van der Waals surface area (Å²) in [5.41, 5.74) is 1.04. The van der Waals surface area contributed by atoms with Crippen molar-refractivity contribution in [3.63, 3.8) is 0 Å². The molecule has 1 heterocycles. The third-order valence-corrected chi connectivity index (χ3v) is 5.33. The van der Waals surface area contributed by atoms with Crippen LogP contribution in [0.1, 0.15) is 33.6 Å². The van der Waals surface area contributed by atoms with E-state index in [0.717, 1.165) is 31.2 Å². The normalized spacial score (nSPS) is 35.2. The van der Waals surface area contributed by atoms with Crippen LogP contribution in [-0.2, 0) is 4.74 Å². The number of ether oxygens (including phenoxy) is 1. The summed E-state index contributed by atoms with van der Waals surface area (Å²) in [6.07, 6.45) is 3.15.